The van der Waals surface area contributed by atoms with Gasteiger partial charge in [0.2, 0.25) is 10.0 Å². The van der Waals surface area contributed by atoms with Crippen molar-refractivity contribution in [3.05, 3.63) is 15.9 Å². The Bertz CT molecular complexity index is 456. The lowest BCUT2D eigenvalue weighted by Crippen LogP contribution is -2.28. The number of hydrogen-bond donors (Lipinski definition) is 1. The summed E-state index contributed by atoms with van der Waals surface area (Å²) in [6.07, 6.45) is 4.41. The van der Waals surface area contributed by atoms with E-state index in [4.69, 9.17) is 0 Å². The Kier molecular flexibility index (Phi) is 6.84. The molecule has 0 unspecified atom stereocenters. The first kappa shape index (κ1) is 16.1. The highest BCUT2D eigenvalue weighted by Crippen LogP contribution is 2.26. The second-order valence-electron chi connectivity index (χ2n) is 4.33. The molecule has 0 fully saturated rings. The summed E-state index contributed by atoms with van der Waals surface area (Å²) >= 11 is 4.52. The lowest BCUT2D eigenvalue weighted by atomic mass is 10.00. The fraction of sp³-hybridized carbons (Fsp3) is 0.667. The van der Waals surface area contributed by atoms with Crippen molar-refractivity contribution in [2.45, 2.75) is 43.7 Å². The van der Waals surface area contributed by atoms with Gasteiger partial charge in [-0.15, -0.1) is 11.3 Å². The molecule has 0 aliphatic rings. The number of halogens is 1. The van der Waals surface area contributed by atoms with E-state index in [2.05, 4.69) is 34.5 Å². The molecule has 18 heavy (non-hydrogen) atoms. The molecule has 1 N–H and O–H groups in total. The Morgan fingerprint density at radius 3 is 2.61 bits per heavy atom. The molecule has 1 rings (SSSR count). The van der Waals surface area contributed by atoms with Crippen LogP contribution in [0.25, 0.3) is 0 Å². The van der Waals surface area contributed by atoms with Gasteiger partial charge in [-0.2, -0.15) is 0 Å². The molecule has 104 valence electrons. The zero-order valence-corrected chi connectivity index (χ0v) is 14.0. The molecule has 3 nitrogen and oxygen atoms in total. The van der Waals surface area contributed by atoms with Crippen LogP contribution in [0.5, 0.6) is 0 Å². The number of unbranched alkanes of at least 4 members (excludes halogenated alkanes) is 1. The van der Waals surface area contributed by atoms with Crippen molar-refractivity contribution in [1.29, 1.82) is 0 Å². The van der Waals surface area contributed by atoms with E-state index >= 15 is 0 Å². The van der Waals surface area contributed by atoms with E-state index in [9.17, 15) is 8.42 Å². The fourth-order valence-corrected chi connectivity index (χ4v) is 4.85. The van der Waals surface area contributed by atoms with Crippen LogP contribution in [0.4, 0.5) is 0 Å². The lowest BCUT2D eigenvalue weighted by molar-refractivity contribution is 0.444. The molecule has 0 bridgehead atoms. The first-order valence-electron chi connectivity index (χ1n) is 6.24. The summed E-state index contributed by atoms with van der Waals surface area (Å²) in [5, 5.41) is 0. The van der Waals surface area contributed by atoms with Crippen molar-refractivity contribution in [3.8, 4) is 0 Å². The molecule has 6 heteroatoms. The molecule has 0 spiro atoms. The maximum Gasteiger partial charge on any atom is 0.250 e. The summed E-state index contributed by atoms with van der Waals surface area (Å²) in [4.78, 5) is 0. The summed E-state index contributed by atoms with van der Waals surface area (Å²) in [5.74, 6) is 0.433. The maximum absolute atomic E-state index is 12.0. The smallest absolute Gasteiger partial charge is 0.210 e. The topological polar surface area (TPSA) is 46.2 Å². The molecular formula is C12H20BrNO2S2. The maximum atomic E-state index is 12.0. The molecular weight excluding hydrogens is 334 g/mol. The minimum Gasteiger partial charge on any atom is -0.210 e. The SMILES string of the molecule is CCCC[C@H](CC)CNS(=O)(=O)c1ccc(Br)s1. The van der Waals surface area contributed by atoms with Gasteiger partial charge in [0.1, 0.15) is 4.21 Å². The van der Waals surface area contributed by atoms with Crippen LogP contribution in [0.3, 0.4) is 0 Å². The van der Waals surface area contributed by atoms with Gasteiger partial charge in [-0.3, -0.25) is 0 Å². The van der Waals surface area contributed by atoms with Crippen molar-refractivity contribution in [2.24, 2.45) is 5.92 Å². The summed E-state index contributed by atoms with van der Waals surface area (Å²) in [6.45, 7) is 4.80. The molecule has 0 saturated heterocycles. The largest absolute Gasteiger partial charge is 0.250 e. The number of nitrogens with one attached hydrogen (secondary N) is 1. The van der Waals surface area contributed by atoms with E-state index in [0.717, 1.165) is 29.5 Å². The molecule has 0 radical (unpaired) electrons. The Labute approximate surface area is 122 Å². The standard InChI is InChI=1S/C12H20BrNO2S2/c1-3-5-6-10(4-2)9-14-18(15,16)12-8-7-11(13)17-12/h7-8,10,14H,3-6,9H2,1-2H3/t10-/m0/s1. The zero-order valence-electron chi connectivity index (χ0n) is 10.8. The van der Waals surface area contributed by atoms with Crippen LogP contribution in [0.15, 0.2) is 20.1 Å². The monoisotopic (exact) mass is 353 g/mol. The summed E-state index contributed by atoms with van der Waals surface area (Å²) in [6, 6.07) is 3.39. The van der Waals surface area contributed by atoms with Crippen molar-refractivity contribution in [1.82, 2.24) is 4.72 Å². The number of hydrogen-bond acceptors (Lipinski definition) is 3. The van der Waals surface area contributed by atoms with Crippen LogP contribution in [-0.4, -0.2) is 15.0 Å². The van der Waals surface area contributed by atoms with Crippen molar-refractivity contribution in [3.63, 3.8) is 0 Å². The second-order valence-corrected chi connectivity index (χ2v) is 8.78. The highest BCUT2D eigenvalue weighted by molar-refractivity contribution is 9.11. The van der Waals surface area contributed by atoms with E-state index in [-0.39, 0.29) is 0 Å². The van der Waals surface area contributed by atoms with Gasteiger partial charge in [-0.1, -0.05) is 33.1 Å². The van der Waals surface area contributed by atoms with Crippen LogP contribution in [0.2, 0.25) is 0 Å². The van der Waals surface area contributed by atoms with Crippen molar-refractivity contribution >= 4 is 37.3 Å². The van der Waals surface area contributed by atoms with Gasteiger partial charge in [0, 0.05) is 6.54 Å². The summed E-state index contributed by atoms with van der Waals surface area (Å²) in [7, 11) is -3.33. The third-order valence-corrected chi connectivity index (χ3v) is 6.46. The predicted molar refractivity (Wildman–Crippen MR) is 80.5 cm³/mol. The van der Waals surface area contributed by atoms with Gasteiger partial charge in [0.05, 0.1) is 3.79 Å². The van der Waals surface area contributed by atoms with Crippen LogP contribution >= 0.6 is 27.3 Å². The molecule has 1 aromatic rings. The van der Waals surface area contributed by atoms with Gasteiger partial charge in [0.15, 0.2) is 0 Å². The fourth-order valence-electron chi connectivity index (χ4n) is 1.68. The normalized spacial score (nSPS) is 13.7. The Hall–Kier alpha value is 0.0900. The molecule has 0 aliphatic heterocycles. The summed E-state index contributed by atoms with van der Waals surface area (Å²) in [5.41, 5.74) is 0. The zero-order chi connectivity index (χ0) is 13.6. The molecule has 0 aliphatic carbocycles. The number of rotatable bonds is 8. The van der Waals surface area contributed by atoms with E-state index < -0.39 is 10.0 Å². The minimum atomic E-state index is -3.33. The van der Waals surface area contributed by atoms with Gasteiger partial charge in [0.25, 0.3) is 0 Å². The van der Waals surface area contributed by atoms with Gasteiger partial charge < -0.3 is 0 Å². The molecule has 0 amide bonds. The average Bonchev–Trinajstić information content (AvgIpc) is 2.77. The highest BCUT2D eigenvalue weighted by atomic mass is 79.9. The van der Waals surface area contributed by atoms with Gasteiger partial charge >= 0.3 is 0 Å². The van der Waals surface area contributed by atoms with Gasteiger partial charge in [-0.25, -0.2) is 13.1 Å². The molecule has 0 saturated carbocycles. The first-order chi connectivity index (χ1) is 8.49. The van der Waals surface area contributed by atoms with Crippen molar-refractivity contribution < 1.29 is 8.42 Å². The van der Waals surface area contributed by atoms with Crippen LogP contribution in [0, 0.1) is 5.92 Å². The number of thiophene rings is 1. The van der Waals surface area contributed by atoms with Crippen LogP contribution < -0.4 is 4.72 Å². The van der Waals surface area contributed by atoms with Crippen LogP contribution in [-0.2, 0) is 10.0 Å². The third kappa shape index (κ3) is 4.99. The van der Waals surface area contributed by atoms with E-state index in [1.54, 1.807) is 12.1 Å². The molecule has 1 atom stereocenters. The average molecular weight is 354 g/mol. The Morgan fingerprint density at radius 2 is 2.11 bits per heavy atom. The minimum absolute atomic E-state index is 0.375. The van der Waals surface area contributed by atoms with Gasteiger partial charge in [-0.05, 0) is 40.4 Å². The molecule has 1 aromatic heterocycles. The number of sulfonamides is 1. The second kappa shape index (κ2) is 7.62. The Morgan fingerprint density at radius 1 is 1.39 bits per heavy atom. The molecule has 1 heterocycles. The first-order valence-corrected chi connectivity index (χ1v) is 9.33. The quantitative estimate of drug-likeness (QED) is 0.767. The Balaban J connectivity index is 2.55. The summed E-state index contributed by atoms with van der Waals surface area (Å²) < 4.78 is 28.0. The lowest BCUT2D eigenvalue weighted by Gasteiger charge is -2.14. The van der Waals surface area contributed by atoms with E-state index in [1.807, 2.05) is 0 Å². The predicted octanol–water partition coefficient (Wildman–Crippen LogP) is 4.01. The van der Waals surface area contributed by atoms with E-state index in [0.29, 0.717) is 16.7 Å². The highest BCUT2D eigenvalue weighted by Gasteiger charge is 2.17. The van der Waals surface area contributed by atoms with Crippen molar-refractivity contribution in [2.75, 3.05) is 6.54 Å². The van der Waals surface area contributed by atoms with Crippen LogP contribution in [0.1, 0.15) is 39.5 Å². The third-order valence-electron chi connectivity index (χ3n) is 2.92. The molecule has 0 aromatic carbocycles. The van der Waals surface area contributed by atoms with E-state index in [1.165, 1.54) is 11.3 Å².